The van der Waals surface area contributed by atoms with Gasteiger partial charge < -0.3 is 5.32 Å². The lowest BCUT2D eigenvalue weighted by atomic mass is 10.1. The van der Waals surface area contributed by atoms with Crippen LogP contribution in [0.25, 0.3) is 5.69 Å². The van der Waals surface area contributed by atoms with Crippen molar-refractivity contribution >= 4 is 15.7 Å². The van der Waals surface area contributed by atoms with E-state index >= 15 is 0 Å². The molecule has 4 rings (SSSR count). The van der Waals surface area contributed by atoms with Crippen molar-refractivity contribution in [2.75, 3.05) is 6.26 Å². The SMILES string of the molecule is CS(=O)(=O)Cc1cccc(C(=O)NCc2nn(-c3ccccc3)c3c2CCC3)c1. The minimum atomic E-state index is -3.15. The monoisotopic (exact) mass is 409 g/mol. The molecule has 0 fully saturated rings. The van der Waals surface area contributed by atoms with Crippen LogP contribution in [0.1, 0.15) is 39.3 Å². The molecule has 0 unspecified atom stereocenters. The highest BCUT2D eigenvalue weighted by Gasteiger charge is 2.23. The summed E-state index contributed by atoms with van der Waals surface area (Å²) in [5.41, 5.74) is 5.41. The van der Waals surface area contributed by atoms with Crippen molar-refractivity contribution in [3.8, 4) is 5.69 Å². The average molecular weight is 410 g/mol. The molecule has 150 valence electrons. The minimum absolute atomic E-state index is 0.0802. The predicted octanol–water partition coefficient (Wildman–Crippen LogP) is 2.84. The van der Waals surface area contributed by atoms with Crippen LogP contribution in [-0.4, -0.2) is 30.4 Å². The first-order valence-electron chi connectivity index (χ1n) is 9.61. The molecule has 3 aromatic rings. The van der Waals surface area contributed by atoms with Gasteiger partial charge in [0.1, 0.15) is 0 Å². The van der Waals surface area contributed by atoms with Crippen molar-refractivity contribution in [2.45, 2.75) is 31.6 Å². The number of fused-ring (bicyclic) bond motifs is 1. The maximum Gasteiger partial charge on any atom is 0.251 e. The fourth-order valence-corrected chi connectivity index (χ4v) is 4.59. The number of benzene rings is 2. The van der Waals surface area contributed by atoms with Crippen LogP contribution in [0.5, 0.6) is 0 Å². The molecule has 1 N–H and O–H groups in total. The lowest BCUT2D eigenvalue weighted by molar-refractivity contribution is 0.0950. The second-order valence-electron chi connectivity index (χ2n) is 7.43. The summed E-state index contributed by atoms with van der Waals surface area (Å²) in [4.78, 5) is 12.6. The van der Waals surface area contributed by atoms with E-state index in [2.05, 4.69) is 5.32 Å². The van der Waals surface area contributed by atoms with Crippen LogP contribution < -0.4 is 5.32 Å². The molecule has 1 heterocycles. The number of nitrogens with zero attached hydrogens (tertiary/aromatic N) is 2. The third-order valence-corrected chi connectivity index (χ3v) is 5.91. The molecule has 6 nitrogen and oxygen atoms in total. The van der Waals surface area contributed by atoms with Crippen LogP contribution in [0.2, 0.25) is 0 Å². The highest BCUT2D eigenvalue weighted by atomic mass is 32.2. The number of sulfone groups is 1. The second kappa shape index (κ2) is 7.83. The Labute approximate surface area is 170 Å². The van der Waals surface area contributed by atoms with Crippen molar-refractivity contribution in [2.24, 2.45) is 0 Å². The van der Waals surface area contributed by atoms with Gasteiger partial charge in [-0.1, -0.05) is 30.3 Å². The Kier molecular flexibility index (Phi) is 5.24. The Balaban J connectivity index is 1.51. The van der Waals surface area contributed by atoms with Crippen LogP contribution >= 0.6 is 0 Å². The standard InChI is InChI=1S/C22H23N3O3S/c1-29(27,28)15-16-7-5-8-17(13-16)22(26)23-14-20-19-11-6-12-21(19)25(24-20)18-9-3-2-4-10-18/h2-5,7-10,13H,6,11-12,14-15H2,1H3,(H,23,26). The lowest BCUT2D eigenvalue weighted by Crippen LogP contribution is -2.23. The highest BCUT2D eigenvalue weighted by Crippen LogP contribution is 2.27. The van der Waals surface area contributed by atoms with Crippen molar-refractivity contribution in [1.29, 1.82) is 0 Å². The summed E-state index contributed by atoms with van der Waals surface area (Å²) in [6, 6.07) is 16.8. The number of amides is 1. The first-order chi connectivity index (χ1) is 13.9. The molecule has 29 heavy (non-hydrogen) atoms. The zero-order chi connectivity index (χ0) is 20.4. The summed E-state index contributed by atoms with van der Waals surface area (Å²) >= 11 is 0. The van der Waals surface area contributed by atoms with Crippen LogP contribution in [0.4, 0.5) is 0 Å². The highest BCUT2D eigenvalue weighted by molar-refractivity contribution is 7.89. The van der Waals surface area contributed by atoms with Gasteiger partial charge in [-0.2, -0.15) is 5.10 Å². The number of aromatic nitrogens is 2. The van der Waals surface area contributed by atoms with Gasteiger partial charge in [0.15, 0.2) is 9.84 Å². The van der Waals surface area contributed by atoms with Gasteiger partial charge in [0.25, 0.3) is 5.91 Å². The summed E-state index contributed by atoms with van der Waals surface area (Å²) in [5, 5.41) is 7.69. The number of carbonyl (C=O) groups excluding carboxylic acids is 1. The van der Waals surface area contributed by atoms with E-state index in [-0.39, 0.29) is 11.7 Å². The van der Waals surface area contributed by atoms with Crippen molar-refractivity contribution in [3.63, 3.8) is 0 Å². The Morgan fingerprint density at radius 3 is 2.66 bits per heavy atom. The molecule has 7 heteroatoms. The van der Waals surface area contributed by atoms with Crippen LogP contribution in [0.15, 0.2) is 54.6 Å². The number of carbonyl (C=O) groups is 1. The van der Waals surface area contributed by atoms with E-state index in [4.69, 9.17) is 5.10 Å². The Morgan fingerprint density at radius 2 is 1.90 bits per heavy atom. The maximum absolute atomic E-state index is 12.6. The normalized spacial score (nSPS) is 13.3. The molecule has 0 atom stereocenters. The van der Waals surface area contributed by atoms with Crippen LogP contribution in [0.3, 0.4) is 0 Å². The maximum atomic E-state index is 12.6. The molecule has 1 aliphatic carbocycles. The molecule has 1 aliphatic rings. The van der Waals surface area contributed by atoms with E-state index in [9.17, 15) is 13.2 Å². The van der Waals surface area contributed by atoms with Crippen molar-refractivity contribution in [1.82, 2.24) is 15.1 Å². The molecule has 0 aliphatic heterocycles. The summed E-state index contributed by atoms with van der Waals surface area (Å²) in [7, 11) is -3.15. The lowest BCUT2D eigenvalue weighted by Gasteiger charge is -2.07. The summed E-state index contributed by atoms with van der Waals surface area (Å²) in [6.07, 6.45) is 4.23. The van der Waals surface area contributed by atoms with E-state index in [1.165, 1.54) is 17.5 Å². The van der Waals surface area contributed by atoms with Gasteiger partial charge in [-0.3, -0.25) is 4.79 Å². The van der Waals surface area contributed by atoms with Crippen LogP contribution in [-0.2, 0) is 35.0 Å². The number of rotatable bonds is 6. The van der Waals surface area contributed by atoms with Gasteiger partial charge in [-0.15, -0.1) is 0 Å². The Bertz CT molecular complexity index is 1150. The quantitative estimate of drug-likeness (QED) is 0.679. The van der Waals surface area contributed by atoms with E-state index in [0.29, 0.717) is 17.7 Å². The van der Waals surface area contributed by atoms with Gasteiger partial charge in [0.2, 0.25) is 0 Å². The zero-order valence-electron chi connectivity index (χ0n) is 16.3. The fourth-order valence-electron chi connectivity index (χ4n) is 3.81. The van der Waals surface area contributed by atoms with Crippen molar-refractivity contribution in [3.05, 3.63) is 82.7 Å². The molecular weight excluding hydrogens is 386 g/mol. The average Bonchev–Trinajstić information content (AvgIpc) is 3.29. The van der Waals surface area contributed by atoms with Crippen LogP contribution in [0, 0.1) is 0 Å². The smallest absolute Gasteiger partial charge is 0.251 e. The Hall–Kier alpha value is -2.93. The topological polar surface area (TPSA) is 81.1 Å². The van der Waals surface area contributed by atoms with E-state index in [0.717, 1.165) is 30.6 Å². The van der Waals surface area contributed by atoms with E-state index in [1.54, 1.807) is 24.3 Å². The molecule has 0 bridgehead atoms. The molecule has 1 aromatic heterocycles. The largest absolute Gasteiger partial charge is 0.346 e. The predicted molar refractivity (Wildman–Crippen MR) is 112 cm³/mol. The molecule has 0 spiro atoms. The van der Waals surface area contributed by atoms with Gasteiger partial charge in [-0.25, -0.2) is 13.1 Å². The first kappa shape index (κ1) is 19.4. The van der Waals surface area contributed by atoms with Crippen molar-refractivity contribution < 1.29 is 13.2 Å². The fraction of sp³-hybridized carbons (Fsp3) is 0.273. The third kappa shape index (κ3) is 4.40. The molecular formula is C22H23N3O3S. The van der Waals surface area contributed by atoms with Gasteiger partial charge in [-0.05, 0) is 54.7 Å². The van der Waals surface area contributed by atoms with Gasteiger partial charge in [0.05, 0.1) is 23.7 Å². The van der Waals surface area contributed by atoms with Gasteiger partial charge >= 0.3 is 0 Å². The van der Waals surface area contributed by atoms with Gasteiger partial charge in [0, 0.05) is 17.5 Å². The molecule has 0 radical (unpaired) electrons. The Morgan fingerprint density at radius 1 is 1.10 bits per heavy atom. The molecule has 0 saturated carbocycles. The van der Waals surface area contributed by atoms with E-state index < -0.39 is 9.84 Å². The number of para-hydroxylation sites is 1. The molecule has 2 aromatic carbocycles. The summed E-state index contributed by atoms with van der Waals surface area (Å²) in [5.74, 6) is -0.315. The minimum Gasteiger partial charge on any atom is -0.346 e. The molecule has 1 amide bonds. The summed E-state index contributed by atoms with van der Waals surface area (Å²) < 4.78 is 25.0. The molecule has 0 saturated heterocycles. The number of hydrogen-bond donors (Lipinski definition) is 1. The number of nitrogens with one attached hydrogen (secondary N) is 1. The second-order valence-corrected chi connectivity index (χ2v) is 9.57. The summed E-state index contributed by atoms with van der Waals surface area (Å²) in [6.45, 7) is 0.345. The van der Waals surface area contributed by atoms with E-state index in [1.807, 2.05) is 35.0 Å². The third-order valence-electron chi connectivity index (χ3n) is 5.05. The zero-order valence-corrected chi connectivity index (χ0v) is 17.1. The number of hydrogen-bond acceptors (Lipinski definition) is 4. The first-order valence-corrected chi connectivity index (χ1v) is 11.7.